The SMILES string of the molecule is CC(N)Cc1ccc(C(F)(F)F)cc1N. The van der Waals surface area contributed by atoms with Crippen molar-refractivity contribution in [3.8, 4) is 0 Å². The average molecular weight is 218 g/mol. The number of benzene rings is 1. The minimum atomic E-state index is -4.35. The molecule has 0 aromatic heterocycles. The van der Waals surface area contributed by atoms with Crippen LogP contribution in [-0.2, 0) is 12.6 Å². The molecule has 0 saturated carbocycles. The van der Waals surface area contributed by atoms with Gasteiger partial charge in [-0.05, 0) is 31.0 Å². The molecule has 0 amide bonds. The van der Waals surface area contributed by atoms with Gasteiger partial charge in [0, 0.05) is 11.7 Å². The van der Waals surface area contributed by atoms with Crippen LogP contribution < -0.4 is 11.5 Å². The van der Waals surface area contributed by atoms with Crippen LogP contribution in [0.1, 0.15) is 18.1 Å². The molecule has 1 unspecified atom stereocenters. The number of anilines is 1. The maximum atomic E-state index is 12.3. The summed E-state index contributed by atoms with van der Waals surface area (Å²) in [5.74, 6) is 0. The Hall–Kier alpha value is -1.23. The molecule has 0 aliphatic heterocycles. The van der Waals surface area contributed by atoms with Gasteiger partial charge in [-0.2, -0.15) is 13.2 Å². The Morgan fingerprint density at radius 2 is 1.93 bits per heavy atom. The van der Waals surface area contributed by atoms with Crippen LogP contribution in [0.25, 0.3) is 0 Å². The smallest absolute Gasteiger partial charge is 0.398 e. The molecule has 84 valence electrons. The standard InChI is InChI=1S/C10H13F3N2/c1-6(14)4-7-2-3-8(5-9(7)15)10(11,12)13/h2-3,5-6H,4,14-15H2,1H3. The minimum Gasteiger partial charge on any atom is -0.398 e. The summed E-state index contributed by atoms with van der Waals surface area (Å²) < 4.78 is 36.8. The fraction of sp³-hybridized carbons (Fsp3) is 0.400. The summed E-state index contributed by atoms with van der Waals surface area (Å²) in [7, 11) is 0. The number of nitrogen functional groups attached to an aromatic ring is 1. The van der Waals surface area contributed by atoms with Gasteiger partial charge in [0.25, 0.3) is 0 Å². The number of nitrogens with two attached hydrogens (primary N) is 2. The van der Waals surface area contributed by atoms with E-state index in [0.717, 1.165) is 12.1 Å². The van der Waals surface area contributed by atoms with Gasteiger partial charge in [0.15, 0.2) is 0 Å². The molecule has 1 aromatic rings. The molecule has 2 nitrogen and oxygen atoms in total. The molecule has 0 heterocycles. The average Bonchev–Trinajstić information content (AvgIpc) is 2.05. The van der Waals surface area contributed by atoms with E-state index in [1.54, 1.807) is 6.92 Å². The monoisotopic (exact) mass is 218 g/mol. The molecular formula is C10H13F3N2. The molecule has 0 spiro atoms. The molecular weight excluding hydrogens is 205 g/mol. The van der Waals surface area contributed by atoms with E-state index in [1.165, 1.54) is 6.07 Å². The summed E-state index contributed by atoms with van der Waals surface area (Å²) >= 11 is 0. The summed E-state index contributed by atoms with van der Waals surface area (Å²) in [5, 5.41) is 0. The molecule has 1 atom stereocenters. The second kappa shape index (κ2) is 4.10. The van der Waals surface area contributed by atoms with Crippen LogP contribution in [0.4, 0.5) is 18.9 Å². The van der Waals surface area contributed by atoms with Gasteiger partial charge in [0.1, 0.15) is 0 Å². The Balaban J connectivity index is 2.98. The number of rotatable bonds is 2. The van der Waals surface area contributed by atoms with Crippen molar-refractivity contribution in [2.75, 3.05) is 5.73 Å². The lowest BCUT2D eigenvalue weighted by atomic mass is 10.0. The van der Waals surface area contributed by atoms with Crippen LogP contribution in [0.15, 0.2) is 18.2 Å². The summed E-state index contributed by atoms with van der Waals surface area (Å²) in [5.41, 5.74) is 11.1. The van der Waals surface area contributed by atoms with Crippen molar-refractivity contribution in [3.05, 3.63) is 29.3 Å². The molecule has 0 aliphatic rings. The van der Waals surface area contributed by atoms with Crippen LogP contribution in [-0.4, -0.2) is 6.04 Å². The van der Waals surface area contributed by atoms with Gasteiger partial charge in [0.05, 0.1) is 5.56 Å². The first-order chi connectivity index (χ1) is 6.80. The molecule has 15 heavy (non-hydrogen) atoms. The van der Waals surface area contributed by atoms with Crippen LogP contribution in [0.3, 0.4) is 0 Å². The van der Waals surface area contributed by atoms with E-state index in [4.69, 9.17) is 11.5 Å². The molecule has 0 aliphatic carbocycles. The topological polar surface area (TPSA) is 52.0 Å². The Morgan fingerprint density at radius 1 is 1.33 bits per heavy atom. The van der Waals surface area contributed by atoms with Gasteiger partial charge >= 0.3 is 6.18 Å². The first-order valence-corrected chi connectivity index (χ1v) is 4.52. The van der Waals surface area contributed by atoms with Crippen molar-refractivity contribution >= 4 is 5.69 Å². The van der Waals surface area contributed by atoms with E-state index in [9.17, 15) is 13.2 Å². The van der Waals surface area contributed by atoms with Crippen molar-refractivity contribution in [3.63, 3.8) is 0 Å². The third-order valence-electron chi connectivity index (χ3n) is 2.02. The van der Waals surface area contributed by atoms with Crippen molar-refractivity contribution in [1.82, 2.24) is 0 Å². The first kappa shape index (κ1) is 11.8. The van der Waals surface area contributed by atoms with Crippen molar-refractivity contribution in [2.24, 2.45) is 5.73 Å². The van der Waals surface area contributed by atoms with Crippen LogP contribution in [0.2, 0.25) is 0 Å². The molecule has 0 radical (unpaired) electrons. The first-order valence-electron chi connectivity index (χ1n) is 4.52. The highest BCUT2D eigenvalue weighted by Crippen LogP contribution is 2.31. The zero-order chi connectivity index (χ0) is 11.6. The molecule has 1 aromatic carbocycles. The van der Waals surface area contributed by atoms with E-state index in [2.05, 4.69) is 0 Å². The number of hydrogen-bond acceptors (Lipinski definition) is 2. The van der Waals surface area contributed by atoms with E-state index >= 15 is 0 Å². The van der Waals surface area contributed by atoms with Crippen molar-refractivity contribution < 1.29 is 13.2 Å². The fourth-order valence-electron chi connectivity index (χ4n) is 1.30. The van der Waals surface area contributed by atoms with Crippen LogP contribution in [0.5, 0.6) is 0 Å². The Bertz CT molecular complexity index is 345. The maximum Gasteiger partial charge on any atom is 0.416 e. The quantitative estimate of drug-likeness (QED) is 0.747. The predicted molar refractivity (Wildman–Crippen MR) is 53.2 cm³/mol. The normalized spacial score (nSPS) is 13.9. The number of alkyl halides is 3. The molecule has 0 bridgehead atoms. The van der Waals surface area contributed by atoms with Crippen LogP contribution >= 0.6 is 0 Å². The van der Waals surface area contributed by atoms with Crippen molar-refractivity contribution in [2.45, 2.75) is 25.6 Å². The Labute approximate surface area is 86.1 Å². The zero-order valence-corrected chi connectivity index (χ0v) is 8.31. The van der Waals surface area contributed by atoms with E-state index < -0.39 is 11.7 Å². The lowest BCUT2D eigenvalue weighted by Gasteiger charge is -2.12. The summed E-state index contributed by atoms with van der Waals surface area (Å²) in [6.45, 7) is 1.77. The van der Waals surface area contributed by atoms with Gasteiger partial charge in [0.2, 0.25) is 0 Å². The zero-order valence-electron chi connectivity index (χ0n) is 8.31. The van der Waals surface area contributed by atoms with E-state index in [-0.39, 0.29) is 11.7 Å². The van der Waals surface area contributed by atoms with E-state index in [0.29, 0.717) is 12.0 Å². The largest absolute Gasteiger partial charge is 0.416 e. The molecule has 5 heteroatoms. The minimum absolute atomic E-state index is 0.121. The molecule has 0 fully saturated rings. The summed E-state index contributed by atoms with van der Waals surface area (Å²) in [4.78, 5) is 0. The molecule has 0 saturated heterocycles. The maximum absolute atomic E-state index is 12.3. The molecule has 1 rings (SSSR count). The number of hydrogen-bond donors (Lipinski definition) is 2. The van der Waals surface area contributed by atoms with E-state index in [1.807, 2.05) is 0 Å². The second-order valence-corrected chi connectivity index (χ2v) is 3.59. The van der Waals surface area contributed by atoms with Gasteiger partial charge in [-0.3, -0.25) is 0 Å². The lowest BCUT2D eigenvalue weighted by Crippen LogP contribution is -2.19. The Kier molecular flexibility index (Phi) is 3.24. The predicted octanol–water partition coefficient (Wildman–Crippen LogP) is 2.18. The summed E-state index contributed by atoms with van der Waals surface area (Å²) in [6.07, 6.45) is -3.87. The van der Waals surface area contributed by atoms with Crippen LogP contribution in [0, 0.1) is 0 Å². The third kappa shape index (κ3) is 3.13. The third-order valence-corrected chi connectivity index (χ3v) is 2.02. The second-order valence-electron chi connectivity index (χ2n) is 3.59. The highest BCUT2D eigenvalue weighted by molar-refractivity contribution is 5.50. The highest BCUT2D eigenvalue weighted by atomic mass is 19.4. The molecule has 4 N–H and O–H groups in total. The van der Waals surface area contributed by atoms with Gasteiger partial charge in [-0.1, -0.05) is 6.07 Å². The van der Waals surface area contributed by atoms with Gasteiger partial charge in [-0.15, -0.1) is 0 Å². The highest BCUT2D eigenvalue weighted by Gasteiger charge is 2.30. The summed E-state index contributed by atoms with van der Waals surface area (Å²) in [6, 6.07) is 3.22. The lowest BCUT2D eigenvalue weighted by molar-refractivity contribution is -0.137. The van der Waals surface area contributed by atoms with Gasteiger partial charge in [-0.25, -0.2) is 0 Å². The Morgan fingerprint density at radius 3 is 2.33 bits per heavy atom. The number of halogens is 3. The van der Waals surface area contributed by atoms with Gasteiger partial charge < -0.3 is 11.5 Å². The fourth-order valence-corrected chi connectivity index (χ4v) is 1.30. The van der Waals surface area contributed by atoms with Crippen molar-refractivity contribution in [1.29, 1.82) is 0 Å².